The summed E-state index contributed by atoms with van der Waals surface area (Å²) in [4.78, 5) is 21.7. The van der Waals surface area contributed by atoms with Crippen LogP contribution >= 0.6 is 39.0 Å². The lowest BCUT2D eigenvalue weighted by Crippen LogP contribution is -2.41. The van der Waals surface area contributed by atoms with Crippen LogP contribution in [0.15, 0.2) is 57.0 Å². The number of nitrogens with one attached hydrogen (secondary N) is 1. The Morgan fingerprint density at radius 1 is 1.19 bits per heavy atom. The van der Waals surface area contributed by atoms with Gasteiger partial charge in [-0.05, 0) is 54.7 Å². The van der Waals surface area contributed by atoms with Crippen LogP contribution in [0, 0.1) is 5.92 Å². The molecule has 1 atom stereocenters. The lowest BCUT2D eigenvalue weighted by atomic mass is 9.96. The zero-order valence-corrected chi connectivity index (χ0v) is 21.6. The maximum Gasteiger partial charge on any atom is 0.231 e. The Bertz CT molecular complexity index is 1060. The molecule has 9 heteroatoms. The minimum Gasteiger partial charge on any atom is -0.354 e. The second kappa shape index (κ2) is 9.89. The molecule has 1 N–H and O–H groups in total. The highest BCUT2D eigenvalue weighted by atomic mass is 79.9. The molecule has 3 heterocycles. The van der Waals surface area contributed by atoms with Gasteiger partial charge >= 0.3 is 0 Å². The summed E-state index contributed by atoms with van der Waals surface area (Å²) in [7, 11) is 0. The van der Waals surface area contributed by atoms with Crippen molar-refractivity contribution in [2.24, 2.45) is 5.92 Å². The maximum absolute atomic E-state index is 12.9. The van der Waals surface area contributed by atoms with E-state index in [0.717, 1.165) is 44.5 Å². The molecular weight excluding hydrogens is 506 g/mol. The number of hydrogen-bond acceptors (Lipinski definition) is 7. The van der Waals surface area contributed by atoms with Gasteiger partial charge in [0.2, 0.25) is 5.91 Å². The Morgan fingerprint density at radius 3 is 2.62 bits per heavy atom. The van der Waals surface area contributed by atoms with Crippen molar-refractivity contribution in [3.05, 3.63) is 51.9 Å². The van der Waals surface area contributed by atoms with Crippen molar-refractivity contribution in [3.63, 3.8) is 0 Å². The number of carbonyl (C=O) groups is 1. The van der Waals surface area contributed by atoms with Gasteiger partial charge in [0.1, 0.15) is 5.03 Å². The van der Waals surface area contributed by atoms with E-state index >= 15 is 0 Å². The molecule has 1 amide bonds. The number of amides is 1. The zero-order chi connectivity index (χ0) is 22.7. The molecule has 2 aromatic heterocycles. The first kappa shape index (κ1) is 23.2. The number of rotatable bonds is 5. The van der Waals surface area contributed by atoms with E-state index in [1.807, 2.05) is 42.6 Å². The van der Waals surface area contributed by atoms with Crippen LogP contribution in [0.2, 0.25) is 0 Å². The van der Waals surface area contributed by atoms with Crippen molar-refractivity contribution in [1.82, 2.24) is 15.2 Å². The minimum atomic E-state index is -0.0932. The summed E-state index contributed by atoms with van der Waals surface area (Å²) in [6.07, 6.45) is 3.67. The van der Waals surface area contributed by atoms with Gasteiger partial charge in [0.15, 0.2) is 10.9 Å². The van der Waals surface area contributed by atoms with Crippen LogP contribution in [-0.2, 0) is 10.2 Å². The SMILES string of the molecule is CC(C)(C)c1cnc(NC(=O)C2CCCN(c3ccc(Sc4ccc(Br)cc4)nn3)C2)s1. The summed E-state index contributed by atoms with van der Waals surface area (Å²) in [5, 5.41) is 13.3. The molecular formula is C23H26BrN5OS2. The molecule has 6 nitrogen and oxygen atoms in total. The van der Waals surface area contributed by atoms with Gasteiger partial charge < -0.3 is 10.2 Å². The molecule has 1 saturated heterocycles. The second-order valence-corrected chi connectivity index (χ2v) is 11.9. The van der Waals surface area contributed by atoms with Crippen molar-refractivity contribution >= 4 is 55.9 Å². The van der Waals surface area contributed by atoms with Crippen LogP contribution in [0.25, 0.3) is 0 Å². The number of carbonyl (C=O) groups excluding carboxylic acids is 1. The molecule has 4 rings (SSSR count). The summed E-state index contributed by atoms with van der Waals surface area (Å²) in [6.45, 7) is 7.96. The van der Waals surface area contributed by atoms with Gasteiger partial charge in [-0.1, -0.05) is 48.5 Å². The van der Waals surface area contributed by atoms with E-state index in [4.69, 9.17) is 0 Å². The van der Waals surface area contributed by atoms with Gasteiger partial charge in [-0.2, -0.15) is 0 Å². The third-order valence-corrected chi connectivity index (χ3v) is 8.06. The first-order valence-corrected chi connectivity index (χ1v) is 13.0. The van der Waals surface area contributed by atoms with Crippen molar-refractivity contribution in [2.45, 2.75) is 48.9 Å². The summed E-state index contributed by atoms with van der Waals surface area (Å²) >= 11 is 6.58. The van der Waals surface area contributed by atoms with Gasteiger partial charge in [-0.15, -0.1) is 21.5 Å². The standard InChI is InChI=1S/C23H26BrN5OS2/c1-23(2,3)18-13-25-22(32-18)26-21(30)15-5-4-12-29(14-15)19-10-11-20(28-27-19)31-17-8-6-16(24)7-9-17/h6-11,13,15H,4-5,12,14H2,1-3H3,(H,25,26,30). The largest absolute Gasteiger partial charge is 0.354 e. The van der Waals surface area contributed by atoms with Crippen LogP contribution in [0.3, 0.4) is 0 Å². The summed E-state index contributed by atoms with van der Waals surface area (Å²) in [5.41, 5.74) is 0.0305. The Labute approximate surface area is 205 Å². The number of halogens is 1. The van der Waals surface area contributed by atoms with Crippen molar-refractivity contribution in [1.29, 1.82) is 0 Å². The Kier molecular flexibility index (Phi) is 7.17. The zero-order valence-electron chi connectivity index (χ0n) is 18.3. The van der Waals surface area contributed by atoms with E-state index in [1.165, 1.54) is 0 Å². The molecule has 1 aromatic carbocycles. The third-order valence-electron chi connectivity index (χ3n) is 5.25. The predicted octanol–water partition coefficient (Wildman–Crippen LogP) is 6.00. The molecule has 3 aromatic rings. The number of piperidine rings is 1. The normalized spacial score (nSPS) is 16.8. The van der Waals surface area contributed by atoms with Crippen LogP contribution in [0.4, 0.5) is 10.9 Å². The number of aromatic nitrogens is 3. The average Bonchev–Trinajstić information content (AvgIpc) is 3.25. The first-order valence-electron chi connectivity index (χ1n) is 10.6. The van der Waals surface area contributed by atoms with E-state index in [9.17, 15) is 4.79 Å². The van der Waals surface area contributed by atoms with E-state index in [-0.39, 0.29) is 17.2 Å². The van der Waals surface area contributed by atoms with Gasteiger partial charge in [0.05, 0.1) is 5.92 Å². The molecule has 0 aliphatic carbocycles. The molecule has 0 saturated carbocycles. The summed E-state index contributed by atoms with van der Waals surface area (Å²) in [6, 6.07) is 12.1. The maximum atomic E-state index is 12.9. The highest BCUT2D eigenvalue weighted by Crippen LogP contribution is 2.31. The minimum absolute atomic E-state index is 0.0277. The molecule has 32 heavy (non-hydrogen) atoms. The van der Waals surface area contributed by atoms with Crippen LogP contribution in [-0.4, -0.2) is 34.2 Å². The van der Waals surface area contributed by atoms with Crippen LogP contribution in [0.1, 0.15) is 38.5 Å². The molecule has 0 bridgehead atoms. The highest BCUT2D eigenvalue weighted by Gasteiger charge is 2.28. The summed E-state index contributed by atoms with van der Waals surface area (Å²) < 4.78 is 1.05. The van der Waals surface area contributed by atoms with E-state index in [0.29, 0.717) is 11.7 Å². The number of thiazole rings is 1. The predicted molar refractivity (Wildman–Crippen MR) is 135 cm³/mol. The summed E-state index contributed by atoms with van der Waals surface area (Å²) in [5.74, 6) is 0.746. The van der Waals surface area contributed by atoms with Crippen molar-refractivity contribution in [2.75, 3.05) is 23.3 Å². The first-order chi connectivity index (χ1) is 15.3. The molecule has 0 spiro atoms. The fourth-order valence-corrected chi connectivity index (χ4v) is 5.32. The lowest BCUT2D eigenvalue weighted by molar-refractivity contribution is -0.120. The van der Waals surface area contributed by atoms with Gasteiger partial charge in [0.25, 0.3) is 0 Å². The number of hydrogen-bond donors (Lipinski definition) is 1. The van der Waals surface area contributed by atoms with Crippen LogP contribution < -0.4 is 10.2 Å². The Hall–Kier alpha value is -1.97. The van der Waals surface area contributed by atoms with Gasteiger partial charge in [0, 0.05) is 33.5 Å². The van der Waals surface area contributed by atoms with Crippen LogP contribution in [0.5, 0.6) is 0 Å². The average molecular weight is 533 g/mol. The van der Waals surface area contributed by atoms with E-state index < -0.39 is 0 Å². The van der Waals surface area contributed by atoms with Gasteiger partial charge in [-0.3, -0.25) is 4.79 Å². The fourth-order valence-electron chi connectivity index (χ4n) is 3.44. The Morgan fingerprint density at radius 2 is 1.97 bits per heavy atom. The molecule has 1 aliphatic heterocycles. The number of anilines is 2. The smallest absolute Gasteiger partial charge is 0.231 e. The number of benzene rings is 1. The van der Waals surface area contributed by atoms with Crippen molar-refractivity contribution < 1.29 is 4.79 Å². The molecule has 1 fully saturated rings. The molecule has 1 aliphatic rings. The second-order valence-electron chi connectivity index (χ2n) is 8.84. The molecule has 1 unspecified atom stereocenters. The third kappa shape index (κ3) is 5.88. The fraction of sp³-hybridized carbons (Fsp3) is 0.391. The van der Waals surface area contributed by atoms with E-state index in [2.05, 4.69) is 62.1 Å². The molecule has 168 valence electrons. The topological polar surface area (TPSA) is 71.0 Å². The van der Waals surface area contributed by atoms with Gasteiger partial charge in [-0.25, -0.2) is 4.98 Å². The Balaban J connectivity index is 1.36. The number of nitrogens with zero attached hydrogens (tertiary/aromatic N) is 4. The highest BCUT2D eigenvalue weighted by molar-refractivity contribution is 9.10. The lowest BCUT2D eigenvalue weighted by Gasteiger charge is -2.32. The monoisotopic (exact) mass is 531 g/mol. The molecule has 0 radical (unpaired) electrons. The van der Waals surface area contributed by atoms with Crippen molar-refractivity contribution in [3.8, 4) is 0 Å². The quantitative estimate of drug-likeness (QED) is 0.435. The van der Waals surface area contributed by atoms with E-state index in [1.54, 1.807) is 23.1 Å².